The van der Waals surface area contributed by atoms with Gasteiger partial charge in [0.1, 0.15) is 16.7 Å². The van der Waals surface area contributed by atoms with Crippen LogP contribution in [0.1, 0.15) is 0 Å². The number of hydrogen-bond acceptors (Lipinski definition) is 3. The van der Waals surface area contributed by atoms with Crippen LogP contribution in [0.25, 0.3) is 54.6 Å². The van der Waals surface area contributed by atoms with Gasteiger partial charge in [-0.1, -0.05) is 97.6 Å². The van der Waals surface area contributed by atoms with Gasteiger partial charge in [0.05, 0.1) is 13.8 Å². The highest BCUT2D eigenvalue weighted by molar-refractivity contribution is 6.88. The molecule has 8 aromatic rings. The van der Waals surface area contributed by atoms with Gasteiger partial charge < -0.3 is 13.7 Å². The number of para-hydroxylation sites is 2. The fourth-order valence-electron chi connectivity index (χ4n) is 6.12. The second-order valence-corrected chi connectivity index (χ2v) is 16.9. The van der Waals surface area contributed by atoms with E-state index in [9.17, 15) is 0 Å². The maximum atomic E-state index is 6.53. The molecule has 2 aromatic heterocycles. The van der Waals surface area contributed by atoms with Gasteiger partial charge in [0.15, 0.2) is 5.58 Å². The summed E-state index contributed by atoms with van der Waals surface area (Å²) in [6, 6.07) is 43.1. The lowest BCUT2D eigenvalue weighted by Crippen LogP contribution is -2.37. The zero-order valence-electron chi connectivity index (χ0n) is 23.3. The molecule has 0 fully saturated rings. The van der Waals surface area contributed by atoms with Gasteiger partial charge in [-0.25, -0.2) is 0 Å². The summed E-state index contributed by atoms with van der Waals surface area (Å²) >= 11 is 0. The molecule has 2 heterocycles. The molecular weight excluding hydrogens is 518 g/mol. The summed E-state index contributed by atoms with van der Waals surface area (Å²) in [5, 5.41) is 8.34. The minimum atomic E-state index is -1.45. The summed E-state index contributed by atoms with van der Waals surface area (Å²) in [4.78, 5) is 2.32. The lowest BCUT2D eigenvalue weighted by atomic mass is 10.0. The second-order valence-electron chi connectivity index (χ2n) is 11.8. The van der Waals surface area contributed by atoms with E-state index in [4.69, 9.17) is 8.83 Å². The van der Waals surface area contributed by atoms with Crippen molar-refractivity contribution < 1.29 is 8.83 Å². The van der Waals surface area contributed by atoms with Crippen LogP contribution < -0.4 is 10.1 Å². The quantitative estimate of drug-likeness (QED) is 0.205. The van der Waals surface area contributed by atoms with Crippen molar-refractivity contribution in [1.82, 2.24) is 0 Å². The first-order valence-electron chi connectivity index (χ1n) is 14.1. The number of hydrogen-bond donors (Lipinski definition) is 0. The van der Waals surface area contributed by atoms with Gasteiger partial charge in [0.2, 0.25) is 0 Å². The van der Waals surface area contributed by atoms with Crippen molar-refractivity contribution in [2.45, 2.75) is 19.6 Å². The predicted octanol–water partition coefficient (Wildman–Crippen LogP) is 10.7. The Labute approximate surface area is 239 Å². The largest absolute Gasteiger partial charge is 0.456 e. The summed E-state index contributed by atoms with van der Waals surface area (Å²) in [6.45, 7) is 7.16. The van der Waals surface area contributed by atoms with Gasteiger partial charge in [-0.3, -0.25) is 0 Å². The molecule has 6 aromatic carbocycles. The summed E-state index contributed by atoms with van der Waals surface area (Å²) in [5.41, 5.74) is 6.73. The molecule has 0 unspecified atom stereocenters. The van der Waals surface area contributed by atoms with Crippen molar-refractivity contribution in [3.8, 4) is 0 Å². The Bertz CT molecular complexity index is 2250. The molecule has 0 aliphatic carbocycles. The van der Waals surface area contributed by atoms with Crippen LogP contribution in [0, 0.1) is 0 Å². The van der Waals surface area contributed by atoms with Gasteiger partial charge >= 0.3 is 0 Å². The fourth-order valence-corrected chi connectivity index (χ4v) is 7.29. The number of fused-ring (bicyclic) bond motifs is 8. The van der Waals surface area contributed by atoms with Gasteiger partial charge in [-0.15, -0.1) is 0 Å². The second kappa shape index (κ2) is 8.85. The number of rotatable bonds is 4. The number of anilines is 3. The Morgan fingerprint density at radius 3 is 2.02 bits per heavy atom. The first-order chi connectivity index (χ1) is 20.0. The standard InChI is InChI=1S/C37H29NO2Si/c1-41(2,3)27-19-16-25(17-20-27)38(32-13-8-12-30-29-11-6-7-14-33(29)40-37(30)32)26-18-22-34-31(23-26)36-28-10-5-4-9-24(28)15-21-35(36)39-34/h4-23H,1-3H3. The fraction of sp³-hybridized carbons (Fsp3) is 0.0811. The molecule has 3 nitrogen and oxygen atoms in total. The molecule has 0 aliphatic heterocycles. The highest BCUT2D eigenvalue weighted by Crippen LogP contribution is 2.44. The molecular formula is C37H29NO2Si. The van der Waals surface area contributed by atoms with Crippen molar-refractivity contribution in [1.29, 1.82) is 0 Å². The van der Waals surface area contributed by atoms with E-state index in [0.29, 0.717) is 0 Å². The van der Waals surface area contributed by atoms with E-state index < -0.39 is 8.07 Å². The van der Waals surface area contributed by atoms with Crippen LogP contribution in [0.5, 0.6) is 0 Å². The van der Waals surface area contributed by atoms with Crippen LogP contribution in [0.4, 0.5) is 17.1 Å². The van der Waals surface area contributed by atoms with Crippen LogP contribution in [0.3, 0.4) is 0 Å². The minimum absolute atomic E-state index is 0.880. The SMILES string of the molecule is C[Si](C)(C)c1ccc(N(c2ccc3oc4ccc5ccccc5c4c3c2)c2cccc3c2oc2ccccc23)cc1. The molecule has 8 rings (SSSR count). The molecule has 198 valence electrons. The van der Waals surface area contributed by atoms with Crippen molar-refractivity contribution in [3.63, 3.8) is 0 Å². The Morgan fingerprint density at radius 1 is 0.512 bits per heavy atom. The zero-order chi connectivity index (χ0) is 27.7. The summed E-state index contributed by atoms with van der Waals surface area (Å²) < 4.78 is 12.9. The minimum Gasteiger partial charge on any atom is -0.456 e. The molecule has 4 heteroatoms. The third-order valence-electron chi connectivity index (χ3n) is 8.22. The number of nitrogens with zero attached hydrogens (tertiary/aromatic N) is 1. The lowest BCUT2D eigenvalue weighted by Gasteiger charge is -2.26. The van der Waals surface area contributed by atoms with E-state index in [0.717, 1.165) is 60.9 Å². The normalized spacial score (nSPS) is 12.3. The van der Waals surface area contributed by atoms with Crippen LogP contribution in [0.2, 0.25) is 19.6 Å². The number of benzene rings is 6. The summed E-state index contributed by atoms with van der Waals surface area (Å²) in [5.74, 6) is 0. The highest BCUT2D eigenvalue weighted by atomic mass is 28.3. The van der Waals surface area contributed by atoms with E-state index in [1.165, 1.54) is 16.0 Å². The molecule has 0 radical (unpaired) electrons. The van der Waals surface area contributed by atoms with Gasteiger partial charge in [0, 0.05) is 32.9 Å². The topological polar surface area (TPSA) is 29.5 Å². The highest BCUT2D eigenvalue weighted by Gasteiger charge is 2.22. The third kappa shape index (κ3) is 3.79. The predicted molar refractivity (Wildman–Crippen MR) is 176 cm³/mol. The van der Waals surface area contributed by atoms with Crippen LogP contribution in [0.15, 0.2) is 130 Å². The Kier molecular flexibility index (Phi) is 5.19. The zero-order valence-corrected chi connectivity index (χ0v) is 24.3. The molecule has 0 saturated carbocycles. The molecule has 0 bridgehead atoms. The molecule has 0 saturated heterocycles. The Morgan fingerprint density at radius 2 is 1.20 bits per heavy atom. The number of furan rings is 2. The Hall–Kier alpha value is -4.80. The van der Waals surface area contributed by atoms with Crippen molar-refractivity contribution in [3.05, 3.63) is 121 Å². The molecule has 0 aliphatic rings. The Balaban J connectivity index is 1.41. The van der Waals surface area contributed by atoms with E-state index in [1.54, 1.807) is 0 Å². The lowest BCUT2D eigenvalue weighted by molar-refractivity contribution is 0.669. The molecule has 0 spiro atoms. The third-order valence-corrected chi connectivity index (χ3v) is 10.3. The van der Waals surface area contributed by atoms with E-state index in [1.807, 2.05) is 12.1 Å². The molecule has 0 atom stereocenters. The van der Waals surface area contributed by atoms with Crippen LogP contribution in [-0.2, 0) is 0 Å². The van der Waals surface area contributed by atoms with Crippen LogP contribution in [-0.4, -0.2) is 8.07 Å². The average Bonchev–Trinajstić information content (AvgIpc) is 3.56. The van der Waals surface area contributed by atoms with Crippen LogP contribution >= 0.6 is 0 Å². The van der Waals surface area contributed by atoms with Crippen molar-refractivity contribution in [2.75, 3.05) is 4.90 Å². The molecule has 0 amide bonds. The molecule has 41 heavy (non-hydrogen) atoms. The maximum Gasteiger partial charge on any atom is 0.159 e. The van der Waals surface area contributed by atoms with Gasteiger partial charge in [0.25, 0.3) is 0 Å². The van der Waals surface area contributed by atoms with E-state index in [2.05, 4.69) is 134 Å². The maximum absolute atomic E-state index is 6.53. The monoisotopic (exact) mass is 547 g/mol. The first-order valence-corrected chi connectivity index (χ1v) is 17.6. The smallest absolute Gasteiger partial charge is 0.159 e. The first kappa shape index (κ1) is 24.0. The average molecular weight is 548 g/mol. The van der Waals surface area contributed by atoms with Gasteiger partial charge in [-0.2, -0.15) is 0 Å². The van der Waals surface area contributed by atoms with Crippen molar-refractivity contribution in [2.24, 2.45) is 0 Å². The van der Waals surface area contributed by atoms with E-state index >= 15 is 0 Å². The van der Waals surface area contributed by atoms with E-state index in [-0.39, 0.29) is 0 Å². The summed E-state index contributed by atoms with van der Waals surface area (Å²) in [7, 11) is -1.45. The summed E-state index contributed by atoms with van der Waals surface area (Å²) in [6.07, 6.45) is 0. The van der Waals surface area contributed by atoms with Gasteiger partial charge in [-0.05, 0) is 59.3 Å². The van der Waals surface area contributed by atoms with Crippen molar-refractivity contribution >= 4 is 85.0 Å². The molecule has 0 N–H and O–H groups in total.